The molecule has 0 amide bonds. The highest BCUT2D eigenvalue weighted by Gasteiger charge is 2.29. The van der Waals surface area contributed by atoms with Crippen LogP contribution in [-0.2, 0) is 14.8 Å². The van der Waals surface area contributed by atoms with Crippen LogP contribution in [0.5, 0.6) is 5.75 Å². The zero-order valence-electron chi connectivity index (χ0n) is 12.1. The zero-order valence-corrected chi connectivity index (χ0v) is 12.9. The Balaban J connectivity index is 2.20. The standard InChI is InChI=1S/C14H21NO4S/c1-11-10-13(4-5-14(11)19-3)20(16,17)15-8-6-12(18-2)7-9-15/h4-5,10,12H,6-9H2,1-3H3. The minimum Gasteiger partial charge on any atom is -0.496 e. The Morgan fingerprint density at radius 3 is 2.35 bits per heavy atom. The number of benzene rings is 1. The lowest BCUT2D eigenvalue weighted by Gasteiger charge is -2.30. The average molecular weight is 299 g/mol. The number of ether oxygens (including phenoxy) is 2. The molecule has 1 fully saturated rings. The van der Waals surface area contributed by atoms with Gasteiger partial charge in [-0.25, -0.2) is 8.42 Å². The Kier molecular flexibility index (Phi) is 4.67. The van der Waals surface area contributed by atoms with Crippen molar-refractivity contribution in [2.24, 2.45) is 0 Å². The lowest BCUT2D eigenvalue weighted by atomic mass is 10.1. The number of hydrogen-bond acceptors (Lipinski definition) is 4. The van der Waals surface area contributed by atoms with Gasteiger partial charge in [-0.15, -0.1) is 0 Å². The van der Waals surface area contributed by atoms with E-state index >= 15 is 0 Å². The Morgan fingerprint density at radius 1 is 1.20 bits per heavy atom. The lowest BCUT2D eigenvalue weighted by Crippen LogP contribution is -2.40. The molecule has 1 aliphatic rings. The molecule has 0 spiro atoms. The number of rotatable bonds is 4. The molecular formula is C14H21NO4S. The van der Waals surface area contributed by atoms with E-state index in [1.807, 2.05) is 6.92 Å². The summed E-state index contributed by atoms with van der Waals surface area (Å²) >= 11 is 0. The van der Waals surface area contributed by atoms with Gasteiger partial charge >= 0.3 is 0 Å². The van der Waals surface area contributed by atoms with Crippen LogP contribution in [-0.4, -0.2) is 46.1 Å². The monoisotopic (exact) mass is 299 g/mol. The molecule has 0 bridgehead atoms. The van der Waals surface area contributed by atoms with Crippen LogP contribution in [0.1, 0.15) is 18.4 Å². The molecule has 0 aliphatic carbocycles. The van der Waals surface area contributed by atoms with Crippen molar-refractivity contribution in [1.29, 1.82) is 0 Å². The highest BCUT2D eigenvalue weighted by molar-refractivity contribution is 7.89. The summed E-state index contributed by atoms with van der Waals surface area (Å²) in [4.78, 5) is 0.326. The highest BCUT2D eigenvalue weighted by Crippen LogP contribution is 2.26. The molecule has 0 N–H and O–H groups in total. The number of sulfonamides is 1. The van der Waals surface area contributed by atoms with Crippen molar-refractivity contribution in [1.82, 2.24) is 4.31 Å². The molecule has 20 heavy (non-hydrogen) atoms. The van der Waals surface area contributed by atoms with E-state index in [-0.39, 0.29) is 6.10 Å². The van der Waals surface area contributed by atoms with Gasteiger partial charge in [0.1, 0.15) is 5.75 Å². The smallest absolute Gasteiger partial charge is 0.243 e. The van der Waals surface area contributed by atoms with E-state index in [0.29, 0.717) is 23.7 Å². The second-order valence-electron chi connectivity index (χ2n) is 4.97. The molecule has 0 saturated carbocycles. The molecule has 0 radical (unpaired) electrons. The van der Waals surface area contributed by atoms with Crippen molar-refractivity contribution in [3.05, 3.63) is 23.8 Å². The number of aryl methyl sites for hydroxylation is 1. The number of piperidine rings is 1. The minimum atomic E-state index is -3.42. The maximum atomic E-state index is 12.6. The summed E-state index contributed by atoms with van der Waals surface area (Å²) in [5.74, 6) is 0.696. The first-order valence-electron chi connectivity index (χ1n) is 6.66. The van der Waals surface area contributed by atoms with E-state index in [4.69, 9.17) is 9.47 Å². The summed E-state index contributed by atoms with van der Waals surface area (Å²) in [7, 11) is -0.175. The van der Waals surface area contributed by atoms with Crippen molar-refractivity contribution >= 4 is 10.0 Å². The summed E-state index contributed by atoms with van der Waals surface area (Å²) < 4.78 is 37.1. The van der Waals surface area contributed by atoms with Crippen LogP contribution in [0.4, 0.5) is 0 Å². The topological polar surface area (TPSA) is 55.8 Å². The predicted molar refractivity (Wildman–Crippen MR) is 76.5 cm³/mol. The molecule has 1 aliphatic heterocycles. The van der Waals surface area contributed by atoms with Gasteiger partial charge in [-0.2, -0.15) is 4.31 Å². The van der Waals surface area contributed by atoms with E-state index in [1.165, 1.54) is 4.31 Å². The maximum Gasteiger partial charge on any atom is 0.243 e. The predicted octanol–water partition coefficient (Wildman–Crippen LogP) is 1.80. The van der Waals surface area contributed by atoms with E-state index in [2.05, 4.69) is 0 Å². The molecule has 0 unspecified atom stereocenters. The van der Waals surface area contributed by atoms with Crippen LogP contribution in [0.15, 0.2) is 23.1 Å². The Labute approximate surface area is 120 Å². The fourth-order valence-electron chi connectivity index (χ4n) is 2.47. The minimum absolute atomic E-state index is 0.166. The Bertz CT molecular complexity index is 563. The van der Waals surface area contributed by atoms with E-state index in [0.717, 1.165) is 18.4 Å². The quantitative estimate of drug-likeness (QED) is 0.851. The van der Waals surface area contributed by atoms with Gasteiger partial charge in [0.05, 0.1) is 18.1 Å². The van der Waals surface area contributed by atoms with Crippen molar-refractivity contribution in [3.63, 3.8) is 0 Å². The molecule has 112 valence electrons. The zero-order chi connectivity index (χ0) is 14.8. The summed E-state index contributed by atoms with van der Waals surface area (Å²) in [5.41, 5.74) is 0.820. The van der Waals surface area contributed by atoms with Gasteiger partial charge in [0.15, 0.2) is 0 Å². The first kappa shape index (κ1) is 15.3. The average Bonchev–Trinajstić information content (AvgIpc) is 2.47. The largest absolute Gasteiger partial charge is 0.496 e. The second-order valence-corrected chi connectivity index (χ2v) is 6.91. The van der Waals surface area contributed by atoms with Gasteiger partial charge in [0.25, 0.3) is 0 Å². The third-order valence-corrected chi connectivity index (χ3v) is 5.63. The first-order valence-corrected chi connectivity index (χ1v) is 8.10. The van der Waals surface area contributed by atoms with E-state index < -0.39 is 10.0 Å². The fourth-order valence-corrected chi connectivity index (χ4v) is 4.02. The summed E-state index contributed by atoms with van der Waals surface area (Å²) in [5, 5.41) is 0. The maximum absolute atomic E-state index is 12.6. The molecule has 1 aromatic rings. The van der Waals surface area contributed by atoms with Gasteiger partial charge in [-0.1, -0.05) is 0 Å². The molecule has 5 nitrogen and oxygen atoms in total. The van der Waals surface area contributed by atoms with Crippen LogP contribution in [0.3, 0.4) is 0 Å². The van der Waals surface area contributed by atoms with Gasteiger partial charge < -0.3 is 9.47 Å². The van der Waals surface area contributed by atoms with Crippen LogP contribution >= 0.6 is 0 Å². The summed E-state index contributed by atoms with van der Waals surface area (Å²) in [6.07, 6.45) is 1.65. The summed E-state index contributed by atoms with van der Waals surface area (Å²) in [6.45, 7) is 2.85. The first-order chi connectivity index (χ1) is 9.48. The second kappa shape index (κ2) is 6.11. The van der Waals surface area contributed by atoms with E-state index in [9.17, 15) is 8.42 Å². The Hall–Kier alpha value is -1.11. The fraction of sp³-hybridized carbons (Fsp3) is 0.571. The molecular weight excluding hydrogens is 278 g/mol. The number of hydrogen-bond donors (Lipinski definition) is 0. The number of methoxy groups -OCH3 is 2. The normalized spacial score (nSPS) is 18.1. The highest BCUT2D eigenvalue weighted by atomic mass is 32.2. The van der Waals surface area contributed by atoms with Gasteiger partial charge in [0, 0.05) is 20.2 Å². The number of nitrogens with zero attached hydrogens (tertiary/aromatic N) is 1. The van der Waals surface area contributed by atoms with Crippen molar-refractivity contribution in [3.8, 4) is 5.75 Å². The van der Waals surface area contributed by atoms with Crippen LogP contribution in [0.2, 0.25) is 0 Å². The molecule has 6 heteroatoms. The molecule has 1 aromatic carbocycles. The van der Waals surface area contributed by atoms with Crippen LogP contribution in [0, 0.1) is 6.92 Å². The van der Waals surface area contributed by atoms with Crippen LogP contribution in [0.25, 0.3) is 0 Å². The van der Waals surface area contributed by atoms with Crippen molar-refractivity contribution in [2.45, 2.75) is 30.8 Å². The lowest BCUT2D eigenvalue weighted by molar-refractivity contribution is 0.0604. The van der Waals surface area contributed by atoms with E-state index in [1.54, 1.807) is 32.4 Å². The van der Waals surface area contributed by atoms with Crippen molar-refractivity contribution < 1.29 is 17.9 Å². The van der Waals surface area contributed by atoms with Crippen molar-refractivity contribution in [2.75, 3.05) is 27.3 Å². The SMILES string of the molecule is COc1ccc(S(=O)(=O)N2CCC(OC)CC2)cc1C. The summed E-state index contributed by atoms with van der Waals surface area (Å²) in [6, 6.07) is 4.96. The molecule has 1 heterocycles. The molecule has 0 aromatic heterocycles. The third-order valence-electron chi connectivity index (χ3n) is 3.74. The molecule has 2 rings (SSSR count). The molecule has 1 saturated heterocycles. The van der Waals surface area contributed by atoms with Gasteiger partial charge in [-0.05, 0) is 43.5 Å². The van der Waals surface area contributed by atoms with Gasteiger partial charge in [0.2, 0.25) is 10.0 Å². The Morgan fingerprint density at radius 2 is 1.85 bits per heavy atom. The molecule has 0 atom stereocenters. The van der Waals surface area contributed by atoms with Gasteiger partial charge in [-0.3, -0.25) is 0 Å². The third kappa shape index (κ3) is 2.97. The van der Waals surface area contributed by atoms with Crippen LogP contribution < -0.4 is 4.74 Å².